The van der Waals surface area contributed by atoms with Crippen LogP contribution in [0.1, 0.15) is 53.4 Å². The van der Waals surface area contributed by atoms with Crippen LogP contribution in [0.4, 0.5) is 5.69 Å². The second kappa shape index (κ2) is 7.53. The Kier molecular flexibility index (Phi) is 4.68. The summed E-state index contributed by atoms with van der Waals surface area (Å²) in [5.74, 6) is -0.757. The van der Waals surface area contributed by atoms with E-state index in [1.165, 1.54) is 0 Å². The van der Waals surface area contributed by atoms with E-state index in [0.717, 1.165) is 30.5 Å². The fourth-order valence-corrected chi connectivity index (χ4v) is 5.79. The highest BCUT2D eigenvalue weighted by molar-refractivity contribution is 6.17. The molecular weight excluding hydrogens is 432 g/mol. The quantitative estimate of drug-likeness (QED) is 0.595. The summed E-state index contributed by atoms with van der Waals surface area (Å²) in [5.41, 5.74) is 0.882. The van der Waals surface area contributed by atoms with Crippen molar-refractivity contribution in [3.8, 4) is 0 Å². The average Bonchev–Trinajstić information content (AvgIpc) is 3.50. The van der Waals surface area contributed by atoms with Gasteiger partial charge in [0.2, 0.25) is 5.76 Å². The Morgan fingerprint density at radius 2 is 1.94 bits per heavy atom. The lowest BCUT2D eigenvalue weighted by Gasteiger charge is -2.35. The van der Waals surface area contributed by atoms with E-state index in [9.17, 15) is 14.4 Å². The van der Waals surface area contributed by atoms with Gasteiger partial charge in [0.05, 0.1) is 22.7 Å². The Morgan fingerprint density at radius 3 is 2.71 bits per heavy atom. The molecule has 0 bridgehead atoms. The molecule has 3 aromatic rings. The van der Waals surface area contributed by atoms with Crippen LogP contribution < -0.4 is 10.3 Å². The van der Waals surface area contributed by atoms with Crippen LogP contribution in [0.15, 0.2) is 51.7 Å². The molecule has 0 aliphatic carbocycles. The van der Waals surface area contributed by atoms with Crippen LogP contribution in [0, 0.1) is 6.92 Å². The lowest BCUT2D eigenvalue weighted by molar-refractivity contribution is -0.126. The molecule has 0 radical (unpaired) electrons. The summed E-state index contributed by atoms with van der Waals surface area (Å²) in [6, 6.07) is 12.8. The van der Waals surface area contributed by atoms with E-state index in [1.54, 1.807) is 21.9 Å². The Labute approximate surface area is 196 Å². The Morgan fingerprint density at radius 1 is 1.12 bits per heavy atom. The summed E-state index contributed by atoms with van der Waals surface area (Å²) in [6.45, 7) is 5.24. The largest absolute Gasteiger partial charge is 0.450 e. The molecule has 2 unspecified atom stereocenters. The Hall–Kier alpha value is -3.45. The molecule has 1 spiro atoms. The Bertz CT molecular complexity index is 1400. The number of carbonyl (C=O) groups is 2. The van der Waals surface area contributed by atoms with E-state index in [1.807, 2.05) is 44.2 Å². The molecule has 0 N–H and O–H groups in total. The number of carbonyl (C=O) groups excluding carboxylic acids is 2. The standard InChI is InChI=1S/C27H26N2O5/c1-3-12-28-20-9-5-4-8-19(20)27(26(28)32)22-23(30)18-14-16(2)10-11-21(18)34-24(22)25(31)29(27)15-17-7-6-13-33-17/h4-5,8-11,14,17H,3,6-7,12-13,15H2,1-2H3. The number of benzene rings is 2. The molecule has 174 valence electrons. The maximum absolute atomic E-state index is 14.3. The van der Waals surface area contributed by atoms with Gasteiger partial charge in [0.15, 0.2) is 11.0 Å². The smallest absolute Gasteiger partial charge is 0.291 e. The van der Waals surface area contributed by atoms with Gasteiger partial charge in [0, 0.05) is 25.3 Å². The lowest BCUT2D eigenvalue weighted by Crippen LogP contribution is -2.55. The SMILES string of the molecule is CCCN1C(=O)C2(c3ccccc31)c1c(oc3ccc(C)cc3c1=O)C(=O)N2CC1CCCO1. The van der Waals surface area contributed by atoms with E-state index in [2.05, 4.69) is 0 Å². The van der Waals surface area contributed by atoms with Gasteiger partial charge >= 0.3 is 0 Å². The van der Waals surface area contributed by atoms with Crippen LogP contribution in [0.5, 0.6) is 0 Å². The van der Waals surface area contributed by atoms with Crippen molar-refractivity contribution in [1.29, 1.82) is 0 Å². The average molecular weight is 459 g/mol. The normalized spacial score (nSPS) is 23.4. The molecule has 1 saturated heterocycles. The van der Waals surface area contributed by atoms with E-state index >= 15 is 0 Å². The molecular formula is C27H26N2O5. The Balaban J connectivity index is 1.69. The van der Waals surface area contributed by atoms with Crippen molar-refractivity contribution in [1.82, 2.24) is 4.90 Å². The zero-order valence-electron chi connectivity index (χ0n) is 19.3. The molecule has 34 heavy (non-hydrogen) atoms. The number of anilines is 1. The van der Waals surface area contributed by atoms with Gasteiger partial charge in [0.1, 0.15) is 5.58 Å². The first kappa shape index (κ1) is 21.1. The van der Waals surface area contributed by atoms with Gasteiger partial charge in [-0.15, -0.1) is 0 Å². The summed E-state index contributed by atoms with van der Waals surface area (Å²) in [7, 11) is 0. The summed E-state index contributed by atoms with van der Waals surface area (Å²) < 4.78 is 11.9. The first-order chi connectivity index (χ1) is 16.5. The molecule has 2 atom stereocenters. The van der Waals surface area contributed by atoms with Crippen LogP contribution >= 0.6 is 0 Å². The van der Waals surface area contributed by atoms with Crippen molar-refractivity contribution in [3.63, 3.8) is 0 Å². The monoisotopic (exact) mass is 458 g/mol. The molecule has 6 rings (SSSR count). The van der Waals surface area contributed by atoms with Gasteiger partial charge in [-0.2, -0.15) is 0 Å². The number of para-hydroxylation sites is 1. The van der Waals surface area contributed by atoms with Crippen molar-refractivity contribution < 1.29 is 18.7 Å². The van der Waals surface area contributed by atoms with Crippen molar-refractivity contribution in [2.75, 3.05) is 24.6 Å². The van der Waals surface area contributed by atoms with Crippen LogP contribution in [0.25, 0.3) is 11.0 Å². The third-order valence-electron chi connectivity index (χ3n) is 7.25. The summed E-state index contributed by atoms with van der Waals surface area (Å²) in [5, 5.41) is 0.379. The highest BCUT2D eigenvalue weighted by atomic mass is 16.5. The van der Waals surface area contributed by atoms with Crippen molar-refractivity contribution in [2.24, 2.45) is 0 Å². The molecule has 3 aliphatic heterocycles. The number of rotatable bonds is 4. The molecule has 2 aromatic carbocycles. The van der Waals surface area contributed by atoms with Gasteiger partial charge < -0.3 is 19.0 Å². The zero-order chi connectivity index (χ0) is 23.6. The zero-order valence-corrected chi connectivity index (χ0v) is 19.3. The number of hydrogen-bond acceptors (Lipinski definition) is 5. The van der Waals surface area contributed by atoms with Crippen LogP contribution in [-0.2, 0) is 15.1 Å². The van der Waals surface area contributed by atoms with E-state index in [4.69, 9.17) is 9.15 Å². The first-order valence-corrected chi connectivity index (χ1v) is 11.9. The number of aryl methyl sites for hydroxylation is 1. The summed E-state index contributed by atoms with van der Waals surface area (Å²) in [4.78, 5) is 45.5. The molecule has 4 heterocycles. The van der Waals surface area contributed by atoms with Gasteiger partial charge in [-0.1, -0.05) is 36.8 Å². The predicted molar refractivity (Wildman–Crippen MR) is 127 cm³/mol. The third-order valence-corrected chi connectivity index (χ3v) is 7.25. The maximum Gasteiger partial charge on any atom is 0.291 e. The van der Waals surface area contributed by atoms with Crippen molar-refractivity contribution in [2.45, 2.75) is 44.8 Å². The summed E-state index contributed by atoms with van der Waals surface area (Å²) >= 11 is 0. The van der Waals surface area contributed by atoms with Gasteiger partial charge in [-0.25, -0.2) is 0 Å². The number of hydrogen-bond donors (Lipinski definition) is 0. The number of fused-ring (bicyclic) bond motifs is 5. The van der Waals surface area contributed by atoms with Crippen molar-refractivity contribution in [3.05, 3.63) is 75.1 Å². The lowest BCUT2D eigenvalue weighted by atomic mass is 9.83. The van der Waals surface area contributed by atoms with Crippen LogP contribution in [0.3, 0.4) is 0 Å². The fourth-order valence-electron chi connectivity index (χ4n) is 5.79. The van der Waals surface area contributed by atoms with Crippen LogP contribution in [-0.4, -0.2) is 42.5 Å². The topological polar surface area (TPSA) is 80.1 Å². The van der Waals surface area contributed by atoms with Crippen LogP contribution in [0.2, 0.25) is 0 Å². The van der Waals surface area contributed by atoms with Crippen molar-refractivity contribution >= 4 is 28.5 Å². The molecule has 7 nitrogen and oxygen atoms in total. The molecule has 0 saturated carbocycles. The highest BCUT2D eigenvalue weighted by Gasteiger charge is 2.65. The predicted octanol–water partition coefficient (Wildman–Crippen LogP) is 3.74. The van der Waals surface area contributed by atoms with E-state index in [0.29, 0.717) is 29.7 Å². The van der Waals surface area contributed by atoms with Gasteiger partial charge in [-0.3, -0.25) is 14.4 Å². The summed E-state index contributed by atoms with van der Waals surface area (Å²) in [6.07, 6.45) is 2.25. The third kappa shape index (κ3) is 2.64. The second-order valence-electron chi connectivity index (χ2n) is 9.37. The van der Waals surface area contributed by atoms with E-state index < -0.39 is 11.4 Å². The minimum atomic E-state index is -1.55. The molecule has 7 heteroatoms. The van der Waals surface area contributed by atoms with Gasteiger partial charge in [-0.05, 0) is 44.4 Å². The number of ether oxygens (including phenoxy) is 1. The molecule has 2 amide bonds. The second-order valence-corrected chi connectivity index (χ2v) is 9.37. The minimum Gasteiger partial charge on any atom is -0.450 e. The first-order valence-electron chi connectivity index (χ1n) is 11.9. The fraction of sp³-hybridized carbons (Fsp3) is 0.370. The number of nitrogens with zero attached hydrogens (tertiary/aromatic N) is 2. The highest BCUT2D eigenvalue weighted by Crippen LogP contribution is 2.52. The number of amides is 2. The maximum atomic E-state index is 14.3. The van der Waals surface area contributed by atoms with Gasteiger partial charge in [0.25, 0.3) is 11.8 Å². The van der Waals surface area contributed by atoms with E-state index in [-0.39, 0.29) is 35.3 Å². The molecule has 3 aliphatic rings. The minimum absolute atomic E-state index is 0.0409. The molecule has 1 fully saturated rings. The molecule has 1 aromatic heterocycles.